The number of nitrogens with zero attached hydrogens (tertiary/aromatic N) is 2. The summed E-state index contributed by atoms with van der Waals surface area (Å²) in [6.45, 7) is 2.08. The van der Waals surface area contributed by atoms with Crippen molar-refractivity contribution in [3.63, 3.8) is 0 Å². The Morgan fingerprint density at radius 3 is 2.52 bits per heavy atom. The summed E-state index contributed by atoms with van der Waals surface area (Å²) in [6, 6.07) is 10.3. The second-order valence-electron chi connectivity index (χ2n) is 4.98. The fourth-order valence-corrected chi connectivity index (χ4v) is 2.35. The Kier molecular flexibility index (Phi) is 3.73. The molecular weight excluding hydrogens is 268 g/mol. The molecule has 0 radical (unpaired) electrons. The molecule has 1 aromatic heterocycles. The maximum Gasteiger partial charge on any atom is 0.335 e. The zero-order valence-electron chi connectivity index (χ0n) is 11.5. The summed E-state index contributed by atoms with van der Waals surface area (Å²) in [5.74, 6) is 0.640. The van der Waals surface area contributed by atoms with E-state index in [9.17, 15) is 4.79 Å². The van der Waals surface area contributed by atoms with Crippen LogP contribution in [-0.4, -0.2) is 30.4 Å². The molecule has 3 rings (SSSR count). The predicted octanol–water partition coefficient (Wildman–Crippen LogP) is 3.33. The average molecular weight is 284 g/mol. The van der Waals surface area contributed by atoms with Crippen molar-refractivity contribution in [3.05, 3.63) is 47.7 Å². The lowest BCUT2D eigenvalue weighted by Gasteiger charge is -2.12. The normalized spacial score (nSPS) is 15.0. The van der Waals surface area contributed by atoms with Gasteiger partial charge in [-0.15, -0.1) is 0 Å². The van der Waals surface area contributed by atoms with Crippen LogP contribution in [0.1, 0.15) is 29.0 Å². The molecule has 2 aromatic rings. The van der Waals surface area contributed by atoms with E-state index >= 15 is 0 Å². The van der Waals surface area contributed by atoms with Crippen LogP contribution in [0.3, 0.4) is 0 Å². The van der Waals surface area contributed by atoms with E-state index in [4.69, 9.17) is 9.52 Å². The molecule has 1 aliphatic heterocycles. The van der Waals surface area contributed by atoms with Gasteiger partial charge in [0.2, 0.25) is 0 Å². The number of hydrogen-bond donors (Lipinski definition) is 1. The Labute approximate surface area is 122 Å². The molecule has 0 bridgehead atoms. The van der Waals surface area contributed by atoms with E-state index in [0.29, 0.717) is 11.4 Å². The van der Waals surface area contributed by atoms with E-state index in [1.807, 2.05) is 12.1 Å². The Balaban J connectivity index is 1.69. The van der Waals surface area contributed by atoms with Crippen LogP contribution >= 0.6 is 0 Å². The van der Waals surface area contributed by atoms with Crippen molar-refractivity contribution in [2.24, 2.45) is 4.99 Å². The second-order valence-corrected chi connectivity index (χ2v) is 4.98. The maximum absolute atomic E-state index is 10.8. The van der Waals surface area contributed by atoms with Gasteiger partial charge in [0, 0.05) is 19.2 Å². The minimum Gasteiger partial charge on any atom is -0.478 e. The third-order valence-electron chi connectivity index (χ3n) is 3.49. The van der Waals surface area contributed by atoms with Gasteiger partial charge in [0.15, 0.2) is 5.88 Å². The number of carboxylic acids is 1. The number of aliphatic imine (C=N–C) groups is 1. The van der Waals surface area contributed by atoms with Crippen molar-refractivity contribution >= 4 is 23.8 Å². The summed E-state index contributed by atoms with van der Waals surface area (Å²) in [7, 11) is 0. The minimum absolute atomic E-state index is 0.253. The highest BCUT2D eigenvalue weighted by Crippen LogP contribution is 2.22. The van der Waals surface area contributed by atoms with Crippen LogP contribution in [0.15, 0.2) is 45.8 Å². The Morgan fingerprint density at radius 1 is 1.14 bits per heavy atom. The maximum atomic E-state index is 10.8. The molecule has 0 spiro atoms. The molecule has 1 N–H and O–H groups in total. The number of furan rings is 1. The summed E-state index contributed by atoms with van der Waals surface area (Å²) >= 11 is 0. The van der Waals surface area contributed by atoms with Crippen molar-refractivity contribution in [3.8, 4) is 0 Å². The predicted molar refractivity (Wildman–Crippen MR) is 80.8 cm³/mol. The van der Waals surface area contributed by atoms with Gasteiger partial charge in [-0.2, -0.15) is 0 Å². The monoisotopic (exact) mass is 284 g/mol. The van der Waals surface area contributed by atoms with Gasteiger partial charge in [-0.3, -0.25) is 4.99 Å². The lowest BCUT2D eigenvalue weighted by molar-refractivity contribution is 0.0697. The van der Waals surface area contributed by atoms with E-state index in [0.717, 1.165) is 19.0 Å². The van der Waals surface area contributed by atoms with Crippen LogP contribution in [0.5, 0.6) is 0 Å². The first-order chi connectivity index (χ1) is 10.2. The first kappa shape index (κ1) is 13.4. The molecule has 1 saturated heterocycles. The molecule has 1 fully saturated rings. The standard InChI is InChI=1S/C16H16N2O3/c19-16(20)12-3-5-13(6-4-12)17-11-14-7-8-15(21-14)18-9-1-2-10-18/h3-8,11H,1-2,9-10H2,(H,19,20). The number of hydrogen-bond acceptors (Lipinski definition) is 4. The van der Waals surface area contributed by atoms with E-state index in [2.05, 4.69) is 9.89 Å². The van der Waals surface area contributed by atoms with E-state index in [1.54, 1.807) is 18.3 Å². The summed E-state index contributed by atoms with van der Waals surface area (Å²) in [6.07, 6.45) is 4.06. The molecule has 0 unspecified atom stereocenters. The fourth-order valence-electron chi connectivity index (χ4n) is 2.35. The molecule has 0 atom stereocenters. The van der Waals surface area contributed by atoms with E-state index in [1.165, 1.54) is 25.0 Å². The third kappa shape index (κ3) is 3.13. The molecule has 2 heterocycles. The number of anilines is 1. The number of benzene rings is 1. The topological polar surface area (TPSA) is 66.0 Å². The van der Waals surface area contributed by atoms with Gasteiger partial charge < -0.3 is 14.4 Å². The van der Waals surface area contributed by atoms with Crippen LogP contribution in [0.4, 0.5) is 11.6 Å². The van der Waals surface area contributed by atoms with Gasteiger partial charge in [0.05, 0.1) is 17.5 Å². The molecule has 108 valence electrons. The summed E-state index contributed by atoms with van der Waals surface area (Å²) in [5, 5.41) is 8.83. The second kappa shape index (κ2) is 5.83. The number of carboxylic acid groups (broad SMARTS) is 1. The quantitative estimate of drug-likeness (QED) is 0.874. The van der Waals surface area contributed by atoms with Crippen molar-refractivity contribution in [1.82, 2.24) is 0 Å². The van der Waals surface area contributed by atoms with Crippen molar-refractivity contribution < 1.29 is 14.3 Å². The van der Waals surface area contributed by atoms with Gasteiger partial charge in [0.25, 0.3) is 0 Å². The Hall–Kier alpha value is -2.56. The van der Waals surface area contributed by atoms with Crippen LogP contribution in [-0.2, 0) is 0 Å². The largest absolute Gasteiger partial charge is 0.478 e. The minimum atomic E-state index is -0.938. The molecule has 1 aliphatic rings. The number of carbonyl (C=O) groups is 1. The number of aromatic carboxylic acids is 1. The van der Waals surface area contributed by atoms with Crippen LogP contribution in [0.25, 0.3) is 0 Å². The van der Waals surface area contributed by atoms with Gasteiger partial charge in [-0.1, -0.05) is 0 Å². The highest BCUT2D eigenvalue weighted by Gasteiger charge is 2.15. The van der Waals surface area contributed by atoms with Crippen LogP contribution in [0.2, 0.25) is 0 Å². The van der Waals surface area contributed by atoms with E-state index < -0.39 is 5.97 Å². The molecule has 5 nitrogen and oxygen atoms in total. The summed E-state index contributed by atoms with van der Waals surface area (Å²) in [5.41, 5.74) is 0.947. The highest BCUT2D eigenvalue weighted by atomic mass is 16.4. The first-order valence-electron chi connectivity index (χ1n) is 6.94. The molecule has 1 aromatic carbocycles. The lowest BCUT2D eigenvalue weighted by atomic mass is 10.2. The first-order valence-corrected chi connectivity index (χ1v) is 6.94. The summed E-state index contributed by atoms with van der Waals surface area (Å²) < 4.78 is 5.73. The molecule has 5 heteroatoms. The Bertz CT molecular complexity index is 652. The summed E-state index contributed by atoms with van der Waals surface area (Å²) in [4.78, 5) is 17.3. The average Bonchev–Trinajstić information content (AvgIpc) is 3.16. The van der Waals surface area contributed by atoms with Crippen LogP contribution < -0.4 is 4.90 Å². The molecule has 0 saturated carbocycles. The molecule has 0 aliphatic carbocycles. The number of rotatable bonds is 4. The van der Waals surface area contributed by atoms with Gasteiger partial charge in [-0.05, 0) is 43.2 Å². The zero-order valence-corrected chi connectivity index (χ0v) is 11.5. The Morgan fingerprint density at radius 2 is 1.86 bits per heavy atom. The SMILES string of the molecule is O=C(O)c1ccc(N=Cc2ccc(N3CCCC3)o2)cc1. The van der Waals surface area contributed by atoms with Gasteiger partial charge in [-0.25, -0.2) is 4.79 Å². The highest BCUT2D eigenvalue weighted by molar-refractivity contribution is 5.88. The van der Waals surface area contributed by atoms with Crippen molar-refractivity contribution in [1.29, 1.82) is 0 Å². The van der Waals surface area contributed by atoms with E-state index in [-0.39, 0.29) is 5.56 Å². The van der Waals surface area contributed by atoms with Crippen LogP contribution in [0, 0.1) is 0 Å². The molecular formula is C16H16N2O3. The van der Waals surface area contributed by atoms with Crippen molar-refractivity contribution in [2.45, 2.75) is 12.8 Å². The molecule has 0 amide bonds. The van der Waals surface area contributed by atoms with Gasteiger partial charge >= 0.3 is 5.97 Å². The zero-order chi connectivity index (χ0) is 14.7. The molecule has 21 heavy (non-hydrogen) atoms. The van der Waals surface area contributed by atoms with Gasteiger partial charge in [0.1, 0.15) is 5.76 Å². The fraction of sp³-hybridized carbons (Fsp3) is 0.250. The lowest BCUT2D eigenvalue weighted by Crippen LogP contribution is -2.16. The smallest absolute Gasteiger partial charge is 0.335 e. The third-order valence-corrected chi connectivity index (χ3v) is 3.49. The van der Waals surface area contributed by atoms with Crippen molar-refractivity contribution in [2.75, 3.05) is 18.0 Å².